The average Bonchev–Trinajstić information content (AvgIpc) is 2.49. The SMILES string of the molecule is Cc1ccc(S(=O)(=O)C(=CNc2ccccc2F)[N+](=O)[O-])cc1. The molecular weight excluding hydrogens is 323 g/mol. The molecule has 0 saturated carbocycles. The zero-order valence-corrected chi connectivity index (χ0v) is 12.9. The number of nitro groups is 1. The second-order valence-electron chi connectivity index (χ2n) is 4.68. The van der Waals surface area contributed by atoms with Crippen molar-refractivity contribution in [2.24, 2.45) is 0 Å². The van der Waals surface area contributed by atoms with E-state index in [1.807, 2.05) is 0 Å². The number of halogens is 1. The maximum atomic E-state index is 13.5. The smallest absolute Gasteiger partial charge is 0.353 e. The van der Waals surface area contributed by atoms with Gasteiger partial charge in [0, 0.05) is 0 Å². The summed E-state index contributed by atoms with van der Waals surface area (Å²) < 4.78 is 38.2. The Morgan fingerprint density at radius 3 is 2.35 bits per heavy atom. The molecule has 23 heavy (non-hydrogen) atoms. The molecule has 0 heterocycles. The van der Waals surface area contributed by atoms with Crippen LogP contribution in [0.1, 0.15) is 5.56 Å². The largest absolute Gasteiger partial charge is 0.379 e. The molecule has 2 aromatic rings. The van der Waals surface area contributed by atoms with Crippen LogP contribution < -0.4 is 5.32 Å². The molecule has 0 unspecified atom stereocenters. The molecule has 0 atom stereocenters. The topological polar surface area (TPSA) is 89.3 Å². The van der Waals surface area contributed by atoms with E-state index in [-0.39, 0.29) is 10.6 Å². The third-order valence-corrected chi connectivity index (χ3v) is 4.72. The number of aryl methyl sites for hydroxylation is 1. The van der Waals surface area contributed by atoms with Gasteiger partial charge in [0.2, 0.25) is 0 Å². The first-order chi connectivity index (χ1) is 10.8. The Bertz CT molecular complexity index is 861. The van der Waals surface area contributed by atoms with Gasteiger partial charge in [0.25, 0.3) is 9.84 Å². The summed E-state index contributed by atoms with van der Waals surface area (Å²) in [6, 6.07) is 11.1. The minimum Gasteiger partial charge on any atom is -0.353 e. The molecule has 0 amide bonds. The second kappa shape index (κ2) is 6.57. The summed E-state index contributed by atoms with van der Waals surface area (Å²) in [5.74, 6) is -0.654. The molecule has 0 aliphatic carbocycles. The summed E-state index contributed by atoms with van der Waals surface area (Å²) in [5.41, 5.74) is 0.756. The fraction of sp³-hybridized carbons (Fsp3) is 0.0667. The van der Waals surface area contributed by atoms with Gasteiger partial charge in [0.1, 0.15) is 5.82 Å². The third kappa shape index (κ3) is 3.72. The van der Waals surface area contributed by atoms with Crippen LogP contribution in [0.5, 0.6) is 0 Å². The van der Waals surface area contributed by atoms with Crippen molar-refractivity contribution in [2.45, 2.75) is 11.8 Å². The maximum Gasteiger partial charge on any atom is 0.379 e. The average molecular weight is 336 g/mol. The monoisotopic (exact) mass is 336 g/mol. The number of benzene rings is 2. The summed E-state index contributed by atoms with van der Waals surface area (Å²) >= 11 is 0. The van der Waals surface area contributed by atoms with Crippen molar-refractivity contribution in [3.05, 3.63) is 81.3 Å². The number of hydrogen-bond donors (Lipinski definition) is 1. The van der Waals surface area contributed by atoms with Crippen LogP contribution in [0.3, 0.4) is 0 Å². The van der Waals surface area contributed by atoms with Crippen LogP contribution in [-0.4, -0.2) is 13.3 Å². The molecule has 0 radical (unpaired) electrons. The van der Waals surface area contributed by atoms with E-state index in [2.05, 4.69) is 5.32 Å². The van der Waals surface area contributed by atoms with Crippen molar-refractivity contribution < 1.29 is 17.7 Å². The Hall–Kier alpha value is -2.74. The molecule has 0 fully saturated rings. The quantitative estimate of drug-likeness (QED) is 0.669. The molecule has 2 aromatic carbocycles. The molecular formula is C15H13FN2O4S. The van der Waals surface area contributed by atoms with Crippen LogP contribution in [0.15, 0.2) is 64.7 Å². The van der Waals surface area contributed by atoms with Crippen molar-refractivity contribution in [1.29, 1.82) is 0 Å². The first kappa shape index (κ1) is 16.6. The summed E-state index contributed by atoms with van der Waals surface area (Å²) in [4.78, 5) is 9.89. The number of anilines is 1. The van der Waals surface area contributed by atoms with E-state index in [1.54, 1.807) is 6.92 Å². The molecule has 6 nitrogen and oxygen atoms in total. The van der Waals surface area contributed by atoms with E-state index in [4.69, 9.17) is 0 Å². The van der Waals surface area contributed by atoms with Crippen molar-refractivity contribution in [3.8, 4) is 0 Å². The van der Waals surface area contributed by atoms with Crippen LogP contribution in [0, 0.1) is 22.9 Å². The maximum absolute atomic E-state index is 13.5. The number of nitrogens with one attached hydrogen (secondary N) is 1. The Kier molecular flexibility index (Phi) is 4.75. The summed E-state index contributed by atoms with van der Waals surface area (Å²) in [7, 11) is -4.32. The normalized spacial score (nSPS) is 12.0. The lowest BCUT2D eigenvalue weighted by molar-refractivity contribution is -0.411. The Balaban J connectivity index is 2.41. The molecule has 120 valence electrons. The van der Waals surface area contributed by atoms with E-state index in [1.165, 1.54) is 42.5 Å². The van der Waals surface area contributed by atoms with E-state index in [0.717, 1.165) is 11.6 Å². The molecule has 1 N–H and O–H groups in total. The third-order valence-electron chi connectivity index (χ3n) is 3.01. The van der Waals surface area contributed by atoms with E-state index in [0.29, 0.717) is 6.20 Å². The first-order valence-corrected chi connectivity index (χ1v) is 7.98. The van der Waals surface area contributed by atoms with Gasteiger partial charge in [-0.15, -0.1) is 0 Å². The Labute approximate surface area is 132 Å². The molecule has 8 heteroatoms. The lowest BCUT2D eigenvalue weighted by Gasteiger charge is -2.05. The number of rotatable bonds is 5. The second-order valence-corrected chi connectivity index (χ2v) is 6.58. The number of nitrogens with zero attached hydrogens (tertiary/aromatic N) is 1. The summed E-state index contributed by atoms with van der Waals surface area (Å²) in [6.45, 7) is 1.76. The number of sulfone groups is 1. The lowest BCUT2D eigenvalue weighted by atomic mass is 10.2. The van der Waals surface area contributed by atoms with Gasteiger partial charge in [-0.2, -0.15) is 0 Å². The molecule has 0 aromatic heterocycles. The predicted molar refractivity (Wildman–Crippen MR) is 83.5 cm³/mol. The molecule has 0 aliphatic heterocycles. The van der Waals surface area contributed by atoms with Crippen LogP contribution in [-0.2, 0) is 9.84 Å². The van der Waals surface area contributed by atoms with Crippen LogP contribution in [0.4, 0.5) is 10.1 Å². The van der Waals surface area contributed by atoms with Gasteiger partial charge in [-0.1, -0.05) is 29.8 Å². The van der Waals surface area contributed by atoms with E-state index >= 15 is 0 Å². The van der Waals surface area contributed by atoms with Gasteiger partial charge < -0.3 is 5.32 Å². The highest BCUT2D eigenvalue weighted by atomic mass is 32.2. The predicted octanol–water partition coefficient (Wildman–Crippen LogP) is 3.10. The van der Waals surface area contributed by atoms with Crippen LogP contribution in [0.25, 0.3) is 0 Å². The summed E-state index contributed by atoms with van der Waals surface area (Å²) in [6.07, 6.45) is 0.674. The zero-order valence-electron chi connectivity index (χ0n) is 12.1. The highest BCUT2D eigenvalue weighted by molar-refractivity contribution is 7.95. The van der Waals surface area contributed by atoms with Gasteiger partial charge in [0.15, 0.2) is 0 Å². The molecule has 0 bridgehead atoms. The Morgan fingerprint density at radius 1 is 1.17 bits per heavy atom. The Morgan fingerprint density at radius 2 is 1.78 bits per heavy atom. The van der Waals surface area contributed by atoms with Gasteiger partial charge in [0.05, 0.1) is 21.7 Å². The van der Waals surface area contributed by atoms with Crippen molar-refractivity contribution in [2.75, 3.05) is 5.32 Å². The van der Waals surface area contributed by atoms with Crippen molar-refractivity contribution >= 4 is 15.5 Å². The van der Waals surface area contributed by atoms with Crippen molar-refractivity contribution in [1.82, 2.24) is 0 Å². The molecule has 2 rings (SSSR count). The summed E-state index contributed by atoms with van der Waals surface area (Å²) in [5, 5.41) is 12.4. The highest BCUT2D eigenvalue weighted by Gasteiger charge is 2.31. The van der Waals surface area contributed by atoms with Gasteiger partial charge in [-0.3, -0.25) is 10.1 Å². The molecule has 0 saturated heterocycles. The van der Waals surface area contributed by atoms with Gasteiger partial charge in [-0.05, 0) is 31.2 Å². The van der Waals surface area contributed by atoms with E-state index < -0.39 is 25.6 Å². The zero-order chi connectivity index (χ0) is 17.0. The van der Waals surface area contributed by atoms with Gasteiger partial charge in [-0.25, -0.2) is 12.8 Å². The fourth-order valence-corrected chi connectivity index (χ4v) is 2.93. The fourth-order valence-electron chi connectivity index (χ4n) is 1.78. The minimum atomic E-state index is -4.32. The highest BCUT2D eigenvalue weighted by Crippen LogP contribution is 2.21. The lowest BCUT2D eigenvalue weighted by Crippen LogP contribution is -2.14. The number of para-hydroxylation sites is 1. The molecule has 0 spiro atoms. The number of hydrogen-bond acceptors (Lipinski definition) is 5. The first-order valence-electron chi connectivity index (χ1n) is 6.50. The van der Waals surface area contributed by atoms with E-state index in [9.17, 15) is 22.9 Å². The molecule has 0 aliphatic rings. The van der Waals surface area contributed by atoms with Crippen LogP contribution in [0.2, 0.25) is 0 Å². The van der Waals surface area contributed by atoms with Crippen molar-refractivity contribution in [3.63, 3.8) is 0 Å². The minimum absolute atomic E-state index is 0.0639. The standard InChI is InChI=1S/C15H13FN2O4S/c1-11-6-8-12(9-7-11)23(21,22)15(18(19)20)10-17-14-5-3-2-4-13(14)16/h2-10,17H,1H3. The van der Waals surface area contributed by atoms with Crippen LogP contribution >= 0.6 is 0 Å². The van der Waals surface area contributed by atoms with Gasteiger partial charge >= 0.3 is 5.03 Å².